The summed E-state index contributed by atoms with van der Waals surface area (Å²) in [6.07, 6.45) is -1.56. The molecule has 2 rings (SSSR count). The molecule has 0 saturated carbocycles. The number of β-amino-alcohol motifs (C(OH)–C–C–N with tert-alkyl or cyclic N) is 2. The van der Waals surface area contributed by atoms with E-state index in [1.165, 1.54) is 0 Å². The summed E-state index contributed by atoms with van der Waals surface area (Å²) in [5.74, 6) is -1.53. The van der Waals surface area contributed by atoms with Crippen LogP contribution in [0, 0.1) is 0 Å². The van der Waals surface area contributed by atoms with Crippen LogP contribution in [0.2, 0.25) is 0 Å². The fourth-order valence-corrected chi connectivity index (χ4v) is 2.27. The number of likely N-dealkylation sites (tertiary alicyclic amines) is 1. The van der Waals surface area contributed by atoms with E-state index in [1.807, 2.05) is 6.07 Å². The van der Waals surface area contributed by atoms with Gasteiger partial charge in [-0.3, -0.25) is 9.69 Å². The van der Waals surface area contributed by atoms with Crippen molar-refractivity contribution < 1.29 is 20.1 Å². The highest BCUT2D eigenvalue weighted by molar-refractivity contribution is 5.76. The number of benzene rings is 1. The van der Waals surface area contributed by atoms with E-state index in [0.29, 0.717) is 19.6 Å². The first-order valence-electron chi connectivity index (χ1n) is 5.94. The molecule has 18 heavy (non-hydrogen) atoms. The molecule has 1 heterocycles. The summed E-state index contributed by atoms with van der Waals surface area (Å²) in [7, 11) is 0. The van der Waals surface area contributed by atoms with Crippen molar-refractivity contribution in [2.75, 3.05) is 19.6 Å². The predicted molar refractivity (Wildman–Crippen MR) is 65.3 cm³/mol. The lowest BCUT2D eigenvalue weighted by molar-refractivity contribution is -0.139. The number of aliphatic hydroxyl groups excluding tert-OH is 2. The highest BCUT2D eigenvalue weighted by Gasteiger charge is 2.32. The summed E-state index contributed by atoms with van der Waals surface area (Å²) in [6, 6.07) is 9.01. The molecule has 1 aliphatic rings. The largest absolute Gasteiger partial charge is 0.481 e. The lowest BCUT2D eigenvalue weighted by Gasteiger charge is -2.20. The Kier molecular flexibility index (Phi) is 3.96. The van der Waals surface area contributed by atoms with E-state index in [4.69, 9.17) is 0 Å². The van der Waals surface area contributed by atoms with Gasteiger partial charge in [-0.2, -0.15) is 0 Å². The van der Waals surface area contributed by atoms with Gasteiger partial charge in [0.05, 0.1) is 18.1 Å². The van der Waals surface area contributed by atoms with Crippen molar-refractivity contribution in [1.29, 1.82) is 0 Å². The Hall–Kier alpha value is -1.43. The van der Waals surface area contributed by atoms with Crippen LogP contribution in [0.1, 0.15) is 11.5 Å². The van der Waals surface area contributed by atoms with Gasteiger partial charge < -0.3 is 15.3 Å². The van der Waals surface area contributed by atoms with Crippen LogP contribution in [-0.4, -0.2) is 58.0 Å². The van der Waals surface area contributed by atoms with Crippen LogP contribution in [0.15, 0.2) is 30.3 Å². The number of aliphatic hydroxyl groups is 2. The van der Waals surface area contributed by atoms with Crippen molar-refractivity contribution in [2.24, 2.45) is 0 Å². The zero-order chi connectivity index (χ0) is 13.1. The molecule has 5 nitrogen and oxygen atoms in total. The molecular formula is C13H17NO4. The topological polar surface area (TPSA) is 81.0 Å². The van der Waals surface area contributed by atoms with Crippen LogP contribution < -0.4 is 0 Å². The fourth-order valence-electron chi connectivity index (χ4n) is 2.27. The number of carboxylic acid groups (broad SMARTS) is 1. The molecule has 0 radical (unpaired) electrons. The van der Waals surface area contributed by atoms with Crippen molar-refractivity contribution in [3.05, 3.63) is 35.9 Å². The van der Waals surface area contributed by atoms with Gasteiger partial charge in [-0.15, -0.1) is 0 Å². The number of hydrogen-bond donors (Lipinski definition) is 3. The first-order valence-corrected chi connectivity index (χ1v) is 5.94. The number of aliphatic carboxylic acids is 1. The minimum atomic E-state index is -0.892. The highest BCUT2D eigenvalue weighted by atomic mass is 16.4. The molecule has 0 aliphatic carbocycles. The SMILES string of the molecule is O=C(O)C(CN1CC(O)C(O)C1)c1ccccc1. The number of nitrogens with zero attached hydrogens (tertiary/aromatic N) is 1. The molecule has 3 unspecified atom stereocenters. The molecule has 0 spiro atoms. The normalized spacial score (nSPS) is 26.1. The number of rotatable bonds is 4. The standard InChI is InChI=1S/C13H17NO4/c15-11-7-14(8-12(11)16)6-10(13(17)18)9-4-2-1-3-5-9/h1-5,10-12,15-16H,6-8H2,(H,17,18). The maximum atomic E-state index is 11.3. The zero-order valence-corrected chi connectivity index (χ0v) is 9.94. The van der Waals surface area contributed by atoms with Crippen LogP contribution in [0.25, 0.3) is 0 Å². The Morgan fingerprint density at radius 1 is 1.22 bits per heavy atom. The van der Waals surface area contributed by atoms with Gasteiger partial charge in [0.2, 0.25) is 0 Å². The monoisotopic (exact) mass is 251 g/mol. The van der Waals surface area contributed by atoms with Gasteiger partial charge in [-0.25, -0.2) is 0 Å². The van der Waals surface area contributed by atoms with Gasteiger partial charge in [0.1, 0.15) is 0 Å². The second-order valence-corrected chi connectivity index (χ2v) is 4.65. The average molecular weight is 251 g/mol. The van der Waals surface area contributed by atoms with Gasteiger partial charge in [0.25, 0.3) is 0 Å². The van der Waals surface area contributed by atoms with Crippen molar-refractivity contribution in [2.45, 2.75) is 18.1 Å². The van der Waals surface area contributed by atoms with Gasteiger partial charge in [0.15, 0.2) is 0 Å². The number of hydrogen-bond acceptors (Lipinski definition) is 4. The summed E-state index contributed by atoms with van der Waals surface area (Å²) in [4.78, 5) is 13.1. The Labute approximate surface area is 105 Å². The number of carbonyl (C=O) groups is 1. The maximum absolute atomic E-state index is 11.3. The summed E-state index contributed by atoms with van der Waals surface area (Å²) in [5, 5.41) is 28.2. The van der Waals surface area contributed by atoms with Crippen molar-refractivity contribution >= 4 is 5.97 Å². The van der Waals surface area contributed by atoms with Gasteiger partial charge in [-0.1, -0.05) is 30.3 Å². The summed E-state index contributed by atoms with van der Waals surface area (Å²) < 4.78 is 0. The molecule has 98 valence electrons. The van der Waals surface area contributed by atoms with E-state index < -0.39 is 24.1 Å². The van der Waals surface area contributed by atoms with E-state index in [2.05, 4.69) is 0 Å². The van der Waals surface area contributed by atoms with Crippen LogP contribution in [0.4, 0.5) is 0 Å². The quantitative estimate of drug-likeness (QED) is 0.696. The average Bonchev–Trinajstić information content (AvgIpc) is 2.66. The van der Waals surface area contributed by atoms with Gasteiger partial charge >= 0.3 is 5.97 Å². The van der Waals surface area contributed by atoms with Crippen molar-refractivity contribution in [3.63, 3.8) is 0 Å². The van der Waals surface area contributed by atoms with Gasteiger partial charge in [-0.05, 0) is 5.56 Å². The summed E-state index contributed by atoms with van der Waals surface area (Å²) in [5.41, 5.74) is 0.737. The molecule has 0 bridgehead atoms. The Morgan fingerprint density at radius 3 is 2.28 bits per heavy atom. The highest BCUT2D eigenvalue weighted by Crippen LogP contribution is 2.20. The third-order valence-electron chi connectivity index (χ3n) is 3.28. The lowest BCUT2D eigenvalue weighted by atomic mass is 9.99. The first kappa shape index (κ1) is 13.0. The molecule has 5 heteroatoms. The molecular weight excluding hydrogens is 234 g/mol. The van der Waals surface area contributed by atoms with E-state index in [0.717, 1.165) is 5.56 Å². The zero-order valence-electron chi connectivity index (χ0n) is 9.94. The van der Waals surface area contributed by atoms with Crippen molar-refractivity contribution in [1.82, 2.24) is 4.90 Å². The van der Waals surface area contributed by atoms with Crippen LogP contribution in [0.3, 0.4) is 0 Å². The third-order valence-corrected chi connectivity index (χ3v) is 3.28. The molecule has 1 aliphatic heterocycles. The maximum Gasteiger partial charge on any atom is 0.312 e. The molecule has 1 fully saturated rings. The molecule has 1 saturated heterocycles. The smallest absolute Gasteiger partial charge is 0.312 e. The molecule has 0 aromatic heterocycles. The third kappa shape index (κ3) is 2.87. The molecule has 3 N–H and O–H groups in total. The van der Waals surface area contributed by atoms with Crippen molar-refractivity contribution in [3.8, 4) is 0 Å². The Bertz CT molecular complexity index is 399. The number of carboxylic acids is 1. The second-order valence-electron chi connectivity index (χ2n) is 4.65. The van der Waals surface area contributed by atoms with Crippen LogP contribution >= 0.6 is 0 Å². The minimum Gasteiger partial charge on any atom is -0.481 e. The van der Waals surface area contributed by atoms with E-state index >= 15 is 0 Å². The fraction of sp³-hybridized carbons (Fsp3) is 0.462. The summed E-state index contributed by atoms with van der Waals surface area (Å²) >= 11 is 0. The first-order chi connectivity index (χ1) is 8.58. The Morgan fingerprint density at radius 2 is 1.78 bits per heavy atom. The minimum absolute atomic E-state index is 0.299. The van der Waals surface area contributed by atoms with Gasteiger partial charge in [0, 0.05) is 19.6 Å². The second kappa shape index (κ2) is 5.48. The lowest BCUT2D eigenvalue weighted by Crippen LogP contribution is -2.31. The van der Waals surface area contributed by atoms with E-state index in [1.54, 1.807) is 29.2 Å². The molecule has 3 atom stereocenters. The summed E-state index contributed by atoms with van der Waals surface area (Å²) in [6.45, 7) is 0.934. The molecule has 1 aromatic rings. The van der Waals surface area contributed by atoms with E-state index in [9.17, 15) is 20.1 Å². The van der Waals surface area contributed by atoms with Crippen LogP contribution in [-0.2, 0) is 4.79 Å². The Balaban J connectivity index is 2.07. The molecule has 0 amide bonds. The van der Waals surface area contributed by atoms with E-state index in [-0.39, 0.29) is 0 Å². The van der Waals surface area contributed by atoms with Crippen LogP contribution in [0.5, 0.6) is 0 Å². The molecule has 1 aromatic carbocycles. The predicted octanol–water partition coefficient (Wildman–Crippen LogP) is -0.108.